The second-order valence-corrected chi connectivity index (χ2v) is 12.3. The molecule has 4 unspecified atom stereocenters. The van der Waals surface area contributed by atoms with Crippen LogP contribution in [0.25, 0.3) is 0 Å². The summed E-state index contributed by atoms with van der Waals surface area (Å²) in [5.74, 6) is 3.65. The van der Waals surface area contributed by atoms with Gasteiger partial charge in [-0.15, -0.1) is 0 Å². The van der Waals surface area contributed by atoms with E-state index in [0.29, 0.717) is 24.4 Å². The van der Waals surface area contributed by atoms with Gasteiger partial charge < -0.3 is 19.7 Å². The van der Waals surface area contributed by atoms with Gasteiger partial charge in [-0.2, -0.15) is 0 Å². The van der Waals surface area contributed by atoms with Crippen molar-refractivity contribution in [1.29, 1.82) is 0 Å². The van der Waals surface area contributed by atoms with Gasteiger partial charge in [-0.05, 0) is 77.4 Å². The first-order valence-electron chi connectivity index (χ1n) is 15.2. The summed E-state index contributed by atoms with van der Waals surface area (Å²) in [4.78, 5) is 14.5. The third-order valence-corrected chi connectivity index (χ3v) is 8.98. The van der Waals surface area contributed by atoms with E-state index in [1.807, 2.05) is 6.20 Å². The van der Waals surface area contributed by atoms with Crippen LogP contribution in [0.15, 0.2) is 71.9 Å². The number of hydrogen-bond donors (Lipinski definition) is 1. The van der Waals surface area contributed by atoms with Gasteiger partial charge in [0.1, 0.15) is 5.76 Å². The lowest BCUT2D eigenvalue weighted by Gasteiger charge is -2.26. The van der Waals surface area contributed by atoms with E-state index < -0.39 is 0 Å². The highest BCUT2D eigenvalue weighted by Gasteiger charge is 2.58. The molecule has 7 nitrogen and oxygen atoms in total. The Labute approximate surface area is 239 Å². The zero-order valence-electron chi connectivity index (χ0n) is 24.4. The first-order valence-corrected chi connectivity index (χ1v) is 15.2. The molecule has 0 amide bonds. The van der Waals surface area contributed by atoms with Crippen molar-refractivity contribution in [3.63, 3.8) is 0 Å². The summed E-state index contributed by atoms with van der Waals surface area (Å²) in [6.07, 6.45) is 24.2. The number of anilines is 1. The molecule has 2 heterocycles. The molecule has 5 aliphatic rings. The molecule has 6 bridgehead atoms. The molecule has 1 aromatic heterocycles. The van der Waals surface area contributed by atoms with Crippen molar-refractivity contribution in [2.24, 2.45) is 11.8 Å². The summed E-state index contributed by atoms with van der Waals surface area (Å²) < 4.78 is 12.7. The number of likely N-dealkylation sites (N-methyl/N-ethyl adjacent to an activating group) is 1. The number of hydrogen-bond acceptors (Lipinski definition) is 7. The Morgan fingerprint density at radius 2 is 2.15 bits per heavy atom. The van der Waals surface area contributed by atoms with Gasteiger partial charge in [0.25, 0.3) is 0 Å². The van der Waals surface area contributed by atoms with Crippen LogP contribution in [0.3, 0.4) is 0 Å². The molecule has 1 aliphatic heterocycles. The van der Waals surface area contributed by atoms with Crippen LogP contribution in [-0.2, 0) is 14.9 Å². The largest absolute Gasteiger partial charge is 0.498 e. The molecule has 2 saturated carbocycles. The van der Waals surface area contributed by atoms with E-state index in [9.17, 15) is 0 Å². The molecule has 2 fully saturated rings. The number of nitrogens with one attached hydrogen (secondary N) is 1. The van der Waals surface area contributed by atoms with Crippen LogP contribution in [0.1, 0.15) is 51.1 Å². The Hall–Kier alpha value is -2.90. The zero-order valence-corrected chi connectivity index (χ0v) is 24.4. The van der Waals surface area contributed by atoms with Gasteiger partial charge >= 0.3 is 0 Å². The monoisotopic (exact) mass is 543 g/mol. The molecule has 40 heavy (non-hydrogen) atoms. The fourth-order valence-electron chi connectivity index (χ4n) is 6.61. The van der Waals surface area contributed by atoms with Gasteiger partial charge in [0.15, 0.2) is 0 Å². The summed E-state index contributed by atoms with van der Waals surface area (Å²) >= 11 is 0. The highest BCUT2D eigenvalue weighted by Crippen LogP contribution is 2.60. The van der Waals surface area contributed by atoms with Crippen molar-refractivity contribution in [2.75, 3.05) is 58.8 Å². The fraction of sp³-hybridized carbons (Fsp3) is 0.576. The number of allylic oxidation sites excluding steroid dienone is 4. The van der Waals surface area contributed by atoms with Crippen LogP contribution in [0.2, 0.25) is 0 Å². The molecule has 7 heteroatoms. The molecule has 6 rings (SSSR count). The lowest BCUT2D eigenvalue weighted by Crippen LogP contribution is -2.30. The van der Waals surface area contributed by atoms with Gasteiger partial charge in [-0.3, -0.25) is 4.90 Å². The minimum Gasteiger partial charge on any atom is -0.498 e. The number of ether oxygens (including phenoxy) is 2. The summed E-state index contributed by atoms with van der Waals surface area (Å²) in [5, 5.41) is 3.75. The maximum Gasteiger partial charge on any atom is 0.223 e. The van der Waals surface area contributed by atoms with E-state index >= 15 is 0 Å². The Morgan fingerprint density at radius 3 is 3.05 bits per heavy atom. The number of aromatic nitrogens is 2. The van der Waals surface area contributed by atoms with Crippen LogP contribution in [0.4, 0.5) is 5.95 Å². The van der Waals surface area contributed by atoms with Crippen molar-refractivity contribution in [2.45, 2.75) is 56.4 Å². The molecular formula is C33H45N5O2. The smallest absolute Gasteiger partial charge is 0.223 e. The van der Waals surface area contributed by atoms with Gasteiger partial charge in [-0.25, -0.2) is 9.97 Å². The van der Waals surface area contributed by atoms with E-state index in [-0.39, 0.29) is 11.0 Å². The summed E-state index contributed by atoms with van der Waals surface area (Å²) in [6, 6.07) is 2.09. The van der Waals surface area contributed by atoms with Gasteiger partial charge in [0.05, 0.1) is 30.2 Å². The molecule has 4 aliphatic carbocycles. The standard InChI is InChI=1S/C33H45N5O2/c1-4-15-37(2)17-10-19-40-29-20-26-22-33(26)21-25(29)24-38(3)16-8-5-9-18-39-28-11-6-7-13-32(23-27(28)32)30-12-14-34-31(35-30)36-33/h5,7-8,11-14,20-21,26-27H,4,6,9-10,15-19,22-24H2,1-3H3,(H,34,35,36)/b8-5+. The number of fused-ring (bicyclic) bond motifs is 2. The lowest BCUT2D eigenvalue weighted by molar-refractivity contribution is 0.191. The first-order chi connectivity index (χ1) is 19.5. The van der Waals surface area contributed by atoms with Gasteiger partial charge in [-0.1, -0.05) is 37.3 Å². The van der Waals surface area contributed by atoms with Crippen molar-refractivity contribution >= 4 is 5.95 Å². The topological polar surface area (TPSA) is 62.8 Å². The van der Waals surface area contributed by atoms with Crippen molar-refractivity contribution < 1.29 is 9.47 Å². The van der Waals surface area contributed by atoms with Crippen LogP contribution in [0.5, 0.6) is 0 Å². The highest BCUT2D eigenvalue weighted by molar-refractivity contribution is 5.52. The predicted octanol–water partition coefficient (Wildman–Crippen LogP) is 5.23. The summed E-state index contributed by atoms with van der Waals surface area (Å²) in [5.41, 5.74) is 2.12. The maximum atomic E-state index is 6.43. The fourth-order valence-corrected chi connectivity index (χ4v) is 6.61. The van der Waals surface area contributed by atoms with Crippen LogP contribution < -0.4 is 5.32 Å². The SMILES string of the molecule is CCCN(C)CCCOC1=CC2CC23C=C1CN(C)C/C=C/CCOC1=CCC=CC2(CC12)c1ccnc(n1)N3. The number of rotatable bonds is 7. The lowest BCUT2D eigenvalue weighted by atomic mass is 9.98. The van der Waals surface area contributed by atoms with Crippen LogP contribution >= 0.6 is 0 Å². The molecule has 0 saturated heterocycles. The van der Waals surface area contributed by atoms with Crippen molar-refractivity contribution in [1.82, 2.24) is 19.8 Å². The zero-order chi connectivity index (χ0) is 27.6. The van der Waals surface area contributed by atoms with Gasteiger partial charge in [0.2, 0.25) is 5.95 Å². The third-order valence-electron chi connectivity index (χ3n) is 8.98. The van der Waals surface area contributed by atoms with Gasteiger partial charge in [0, 0.05) is 48.7 Å². The van der Waals surface area contributed by atoms with Crippen LogP contribution in [0, 0.1) is 11.8 Å². The minimum absolute atomic E-state index is 0.0774. The summed E-state index contributed by atoms with van der Waals surface area (Å²) in [6.45, 7) is 7.60. The van der Waals surface area contributed by atoms with E-state index in [4.69, 9.17) is 14.5 Å². The molecule has 0 radical (unpaired) electrons. The Kier molecular flexibility index (Phi) is 7.87. The Balaban J connectivity index is 1.23. The first kappa shape index (κ1) is 27.3. The summed E-state index contributed by atoms with van der Waals surface area (Å²) in [7, 11) is 4.37. The third kappa shape index (κ3) is 5.77. The van der Waals surface area contributed by atoms with Crippen LogP contribution in [-0.4, -0.2) is 78.8 Å². The Bertz CT molecular complexity index is 1230. The van der Waals surface area contributed by atoms with E-state index in [2.05, 4.69) is 89.7 Å². The molecule has 1 aromatic rings. The molecule has 1 N–H and O–H groups in total. The number of nitrogens with zero attached hydrogens (tertiary/aromatic N) is 4. The van der Waals surface area contributed by atoms with E-state index in [1.165, 1.54) is 12.0 Å². The molecule has 4 atom stereocenters. The average molecular weight is 544 g/mol. The predicted molar refractivity (Wildman–Crippen MR) is 160 cm³/mol. The molecule has 214 valence electrons. The molecular weight excluding hydrogens is 498 g/mol. The van der Waals surface area contributed by atoms with E-state index in [1.54, 1.807) is 0 Å². The second-order valence-electron chi connectivity index (χ2n) is 12.3. The highest BCUT2D eigenvalue weighted by atomic mass is 16.5. The molecule has 0 aromatic carbocycles. The van der Waals surface area contributed by atoms with Crippen molar-refractivity contribution in [3.05, 3.63) is 77.6 Å². The average Bonchev–Trinajstić information content (AvgIpc) is 3.83. The maximum absolute atomic E-state index is 6.43. The van der Waals surface area contributed by atoms with E-state index in [0.717, 1.165) is 82.1 Å². The quantitative estimate of drug-likeness (QED) is 0.373. The Morgan fingerprint density at radius 1 is 1.23 bits per heavy atom. The minimum atomic E-state index is -0.141. The van der Waals surface area contributed by atoms with Crippen molar-refractivity contribution in [3.8, 4) is 0 Å². The second kappa shape index (κ2) is 11.5. The normalized spacial score (nSPS) is 31.9. The molecule has 1 spiro atoms.